The smallest absolute Gasteiger partial charge is 0.252 e. The van der Waals surface area contributed by atoms with Gasteiger partial charge in [-0.1, -0.05) is 32.3 Å². The van der Waals surface area contributed by atoms with Gasteiger partial charge in [0.2, 0.25) is 5.91 Å². The van der Waals surface area contributed by atoms with Crippen molar-refractivity contribution in [2.75, 3.05) is 18.0 Å². The summed E-state index contributed by atoms with van der Waals surface area (Å²) in [5.74, 6) is -0.369. The summed E-state index contributed by atoms with van der Waals surface area (Å²) < 4.78 is 0. The first-order valence-corrected chi connectivity index (χ1v) is 11.5. The third-order valence-electron chi connectivity index (χ3n) is 6.41. The van der Waals surface area contributed by atoms with Crippen LogP contribution in [0.25, 0.3) is 0 Å². The predicted molar refractivity (Wildman–Crippen MR) is 119 cm³/mol. The number of amides is 2. The number of carbonyl (C=O) groups is 3. The van der Waals surface area contributed by atoms with Crippen molar-refractivity contribution in [2.24, 2.45) is 5.92 Å². The second kappa shape index (κ2) is 10.6. The van der Waals surface area contributed by atoms with Crippen LogP contribution in [0, 0.1) is 5.92 Å². The minimum absolute atomic E-state index is 0.103. The highest BCUT2D eigenvalue weighted by Gasteiger charge is 2.33. The van der Waals surface area contributed by atoms with Gasteiger partial charge in [0, 0.05) is 36.3 Å². The lowest BCUT2D eigenvalue weighted by Crippen LogP contribution is -2.51. The third-order valence-corrected chi connectivity index (χ3v) is 6.41. The van der Waals surface area contributed by atoms with E-state index in [0.717, 1.165) is 50.9 Å². The van der Waals surface area contributed by atoms with Crippen molar-refractivity contribution in [3.8, 4) is 0 Å². The molecule has 1 aliphatic carbocycles. The summed E-state index contributed by atoms with van der Waals surface area (Å²) in [6.45, 7) is 5.70. The molecule has 164 valence electrons. The van der Waals surface area contributed by atoms with Gasteiger partial charge in [0.15, 0.2) is 0 Å². The number of hydrogen-bond donors (Lipinski definition) is 2. The summed E-state index contributed by atoms with van der Waals surface area (Å²) in [4.78, 5) is 40.1. The molecule has 2 N–H and O–H groups in total. The fourth-order valence-corrected chi connectivity index (χ4v) is 4.64. The van der Waals surface area contributed by atoms with Gasteiger partial charge in [0.25, 0.3) is 5.91 Å². The average molecular weight is 414 g/mol. The Hall–Kier alpha value is -2.37. The molecule has 2 amide bonds. The van der Waals surface area contributed by atoms with Crippen molar-refractivity contribution in [1.82, 2.24) is 10.6 Å². The van der Waals surface area contributed by atoms with E-state index in [1.807, 2.05) is 18.2 Å². The van der Waals surface area contributed by atoms with Crippen LogP contribution >= 0.6 is 0 Å². The summed E-state index contributed by atoms with van der Waals surface area (Å²) in [5.41, 5.74) is 1.64. The number of carbonyl (C=O) groups excluding carboxylic acids is 3. The van der Waals surface area contributed by atoms with Crippen LogP contribution in [0.1, 0.15) is 75.6 Å². The van der Waals surface area contributed by atoms with E-state index in [2.05, 4.69) is 22.5 Å². The van der Waals surface area contributed by atoms with Crippen molar-refractivity contribution in [1.29, 1.82) is 0 Å². The molecule has 1 aliphatic heterocycles. The maximum absolute atomic E-state index is 13.0. The number of Topliss-reactive ketones (excluding diaryl/α,β-unsaturated/α-hetero) is 1. The Morgan fingerprint density at radius 3 is 2.60 bits per heavy atom. The molecule has 1 aromatic carbocycles. The predicted octanol–water partition coefficient (Wildman–Crippen LogP) is 3.45. The molecule has 0 unspecified atom stereocenters. The van der Waals surface area contributed by atoms with Crippen molar-refractivity contribution in [3.63, 3.8) is 0 Å². The first-order chi connectivity index (χ1) is 14.5. The molecular weight excluding hydrogens is 378 g/mol. The van der Waals surface area contributed by atoms with Crippen molar-refractivity contribution < 1.29 is 14.4 Å². The van der Waals surface area contributed by atoms with Crippen LogP contribution in [-0.4, -0.2) is 42.8 Å². The molecule has 30 heavy (non-hydrogen) atoms. The molecule has 2 aliphatic rings. The van der Waals surface area contributed by atoms with Gasteiger partial charge < -0.3 is 15.5 Å². The molecule has 0 bridgehead atoms. The second-order valence-corrected chi connectivity index (χ2v) is 8.68. The zero-order valence-corrected chi connectivity index (χ0v) is 18.3. The van der Waals surface area contributed by atoms with Gasteiger partial charge in [0.1, 0.15) is 11.8 Å². The molecule has 1 saturated heterocycles. The molecule has 0 radical (unpaired) electrons. The highest BCUT2D eigenvalue weighted by atomic mass is 16.2. The topological polar surface area (TPSA) is 78.5 Å². The van der Waals surface area contributed by atoms with Crippen LogP contribution in [0.4, 0.5) is 5.69 Å². The molecular formula is C24H35N3O3. The van der Waals surface area contributed by atoms with Crippen LogP contribution in [0.15, 0.2) is 24.3 Å². The number of benzene rings is 1. The zero-order chi connectivity index (χ0) is 21.5. The van der Waals surface area contributed by atoms with Gasteiger partial charge in [-0.05, 0) is 57.2 Å². The van der Waals surface area contributed by atoms with Gasteiger partial charge >= 0.3 is 0 Å². The summed E-state index contributed by atoms with van der Waals surface area (Å²) in [7, 11) is 0. The molecule has 6 heteroatoms. The monoisotopic (exact) mass is 413 g/mol. The van der Waals surface area contributed by atoms with E-state index in [0.29, 0.717) is 12.0 Å². The number of ketones is 1. The molecule has 1 heterocycles. The van der Waals surface area contributed by atoms with E-state index in [-0.39, 0.29) is 29.6 Å². The zero-order valence-electron chi connectivity index (χ0n) is 18.3. The van der Waals surface area contributed by atoms with Gasteiger partial charge in [0.05, 0.1) is 0 Å². The normalized spacial score (nSPS) is 22.0. The minimum atomic E-state index is -0.582. The number of nitrogens with zero attached hydrogens (tertiary/aromatic N) is 1. The van der Waals surface area contributed by atoms with Crippen molar-refractivity contribution in [3.05, 3.63) is 29.8 Å². The Labute approximate surface area is 179 Å². The first-order valence-electron chi connectivity index (χ1n) is 11.5. The Morgan fingerprint density at radius 2 is 1.90 bits per heavy atom. The Morgan fingerprint density at radius 1 is 1.13 bits per heavy atom. The summed E-state index contributed by atoms with van der Waals surface area (Å²) in [5, 5.41) is 6.00. The molecule has 1 aromatic rings. The number of anilines is 1. The van der Waals surface area contributed by atoms with Crippen LogP contribution in [0.2, 0.25) is 0 Å². The number of nitrogens with one attached hydrogen (secondary N) is 2. The maximum atomic E-state index is 13.0. The molecule has 6 nitrogen and oxygen atoms in total. The van der Waals surface area contributed by atoms with Crippen LogP contribution in [0.5, 0.6) is 0 Å². The fourth-order valence-electron chi connectivity index (χ4n) is 4.64. The lowest BCUT2D eigenvalue weighted by Gasteiger charge is -2.24. The van der Waals surface area contributed by atoms with Gasteiger partial charge in [-0.2, -0.15) is 0 Å². The standard InChI is InChI=1S/C24H35N3O3/c1-3-4-12-22(24(30)25-21-13-8-11-20(21)17(2)28)26-23(29)18-9-7-10-19(16-18)27-14-5-6-15-27/h7,9-10,16,20-22H,3-6,8,11-15H2,1-2H3,(H,25,30)(H,26,29)/t20-,21-,22-/m0/s1. The highest BCUT2D eigenvalue weighted by Crippen LogP contribution is 2.26. The number of hydrogen-bond acceptors (Lipinski definition) is 4. The Kier molecular flexibility index (Phi) is 7.88. The third kappa shape index (κ3) is 5.61. The molecule has 3 atom stereocenters. The lowest BCUT2D eigenvalue weighted by molar-refractivity contribution is -0.125. The Balaban J connectivity index is 1.66. The SMILES string of the molecule is CCCC[C@H](NC(=O)c1cccc(N2CCCC2)c1)C(=O)N[C@H]1CCC[C@H]1C(C)=O. The molecule has 2 fully saturated rings. The van der Waals surface area contributed by atoms with E-state index in [9.17, 15) is 14.4 Å². The Bertz CT molecular complexity index is 758. The summed E-state index contributed by atoms with van der Waals surface area (Å²) >= 11 is 0. The quantitative estimate of drug-likeness (QED) is 0.650. The van der Waals surface area contributed by atoms with E-state index >= 15 is 0 Å². The number of unbranched alkanes of at least 4 members (excludes halogenated alkanes) is 1. The molecule has 3 rings (SSSR count). The van der Waals surface area contributed by atoms with Crippen LogP contribution < -0.4 is 15.5 Å². The molecule has 1 saturated carbocycles. The molecule has 0 aromatic heterocycles. The van der Waals surface area contributed by atoms with E-state index in [1.165, 1.54) is 12.8 Å². The van der Waals surface area contributed by atoms with Crippen LogP contribution in [-0.2, 0) is 9.59 Å². The fraction of sp³-hybridized carbons (Fsp3) is 0.625. The maximum Gasteiger partial charge on any atom is 0.252 e. The largest absolute Gasteiger partial charge is 0.372 e. The second-order valence-electron chi connectivity index (χ2n) is 8.68. The summed E-state index contributed by atoms with van der Waals surface area (Å²) in [6, 6.07) is 6.95. The van der Waals surface area contributed by atoms with Gasteiger partial charge in [-0.3, -0.25) is 14.4 Å². The van der Waals surface area contributed by atoms with Crippen molar-refractivity contribution in [2.45, 2.75) is 77.3 Å². The van der Waals surface area contributed by atoms with E-state index in [4.69, 9.17) is 0 Å². The molecule has 0 spiro atoms. The number of rotatable bonds is 9. The van der Waals surface area contributed by atoms with E-state index in [1.54, 1.807) is 13.0 Å². The average Bonchev–Trinajstić information content (AvgIpc) is 3.43. The first kappa shape index (κ1) is 22.3. The van der Waals surface area contributed by atoms with Crippen LogP contribution in [0.3, 0.4) is 0 Å². The lowest BCUT2D eigenvalue weighted by atomic mass is 9.98. The highest BCUT2D eigenvalue weighted by molar-refractivity contribution is 5.98. The minimum Gasteiger partial charge on any atom is -0.372 e. The van der Waals surface area contributed by atoms with Gasteiger partial charge in [-0.15, -0.1) is 0 Å². The van der Waals surface area contributed by atoms with Gasteiger partial charge in [-0.25, -0.2) is 0 Å². The van der Waals surface area contributed by atoms with E-state index < -0.39 is 6.04 Å². The summed E-state index contributed by atoms with van der Waals surface area (Å²) in [6.07, 6.45) is 7.35. The van der Waals surface area contributed by atoms with Crippen molar-refractivity contribution >= 4 is 23.3 Å².